The van der Waals surface area contributed by atoms with Crippen molar-refractivity contribution < 1.29 is 62.5 Å². The van der Waals surface area contributed by atoms with E-state index in [-0.39, 0.29) is 54.3 Å². The van der Waals surface area contributed by atoms with Gasteiger partial charge in [0.2, 0.25) is 0 Å². The topological polar surface area (TPSA) is 197 Å². The van der Waals surface area contributed by atoms with E-state index < -0.39 is 30.2 Å². The zero-order chi connectivity index (χ0) is 51.6. The molecular weight excluding hydrogens is 825 g/mol. The Hall–Kier alpha value is -2.66. The summed E-state index contributed by atoms with van der Waals surface area (Å²) in [7, 11) is 8.75. The Morgan fingerprint density at radius 2 is 1.47 bits per heavy atom. The SMILES string of the molecule is C=CC(=O)OC1C(C)C[C@H](O)OC1C.CC(C)C1NC(=O)O[C@]1(C)COC=O.CCC.CCC.CCC(O)OC(C)C.CNC.COC.CO[C@@](C)(C[C@@H](C)CC(C)C)C[C@@H](C)C=O. The molecule has 2 fully saturated rings. The lowest BCUT2D eigenvalue weighted by Crippen LogP contribution is -2.48. The highest BCUT2D eigenvalue weighted by Crippen LogP contribution is 2.30. The number of ether oxygens (including phenoxy) is 7. The van der Waals surface area contributed by atoms with Crippen LogP contribution in [-0.2, 0) is 47.5 Å². The number of carbonyl (C=O) groups excluding carboxylic acids is 4. The zero-order valence-corrected chi connectivity index (χ0v) is 44.8. The number of methoxy groups -OCH3 is 2. The molecule has 15 nitrogen and oxygen atoms in total. The van der Waals surface area contributed by atoms with Crippen LogP contribution in [0.2, 0.25) is 0 Å². The molecule has 0 bridgehead atoms. The number of hydrogen-bond acceptors (Lipinski definition) is 14. The molecule has 2 aliphatic heterocycles. The predicted molar refractivity (Wildman–Crippen MR) is 260 cm³/mol. The Bertz CT molecular complexity index is 1080. The standard InChI is InChI=1S/C14H28O2.C10H16O4.C9H15NO4.C6H14O2.2C3H8.C2H7N.C2H6O/c1-11(2)7-12(3)8-14(5,16-6)9-13(4)10-15;1-4-8(11)14-10-6(2)5-9(12)13-7(10)3;1-6(2)7-9(3,4-13-5-11)14-8(12)10-7;1-4-6(7)8-5(2)3;4*1-3-2/h10-13H,7-9H2,1-6H3;4,6-7,9-10,12H,1,5H2,2-3H3;5-7H,4H2,1-3H3,(H,10,12);5-7H,4H2,1-3H3;2*3H2,1-2H3;3H,1-2H3;1-2H3/t12-,13+,14-;6?,7?,9-,10?;7?,9-;;;;;/m011...../s1. The molecule has 0 radical (unpaired) electrons. The molecule has 2 saturated heterocycles. The van der Waals surface area contributed by atoms with Crippen molar-refractivity contribution in [2.45, 2.75) is 211 Å². The van der Waals surface area contributed by atoms with Crippen LogP contribution < -0.4 is 10.6 Å². The molecule has 0 saturated carbocycles. The van der Waals surface area contributed by atoms with Crippen LogP contribution in [-0.4, -0.2) is 125 Å². The molecule has 386 valence electrons. The third-order valence-electron chi connectivity index (χ3n) is 8.66. The van der Waals surface area contributed by atoms with Crippen LogP contribution in [0.15, 0.2) is 12.7 Å². The largest absolute Gasteiger partial charge is 0.464 e. The first-order chi connectivity index (χ1) is 29.7. The van der Waals surface area contributed by atoms with Gasteiger partial charge < -0.3 is 58.8 Å². The molecule has 5 unspecified atom stereocenters. The first kappa shape index (κ1) is 72.9. The molecule has 0 spiro atoms. The third kappa shape index (κ3) is 43.2. The van der Waals surface area contributed by atoms with Crippen LogP contribution in [0.5, 0.6) is 0 Å². The van der Waals surface area contributed by atoms with Gasteiger partial charge in [0.15, 0.2) is 18.2 Å². The highest BCUT2D eigenvalue weighted by atomic mass is 16.6. The summed E-state index contributed by atoms with van der Waals surface area (Å²) in [6.45, 7) is 38.2. The van der Waals surface area contributed by atoms with Gasteiger partial charge in [0.05, 0.1) is 23.9 Å². The van der Waals surface area contributed by atoms with Gasteiger partial charge in [-0.1, -0.05) is 103 Å². The molecule has 10 atom stereocenters. The normalized spacial score (nSPS) is 22.8. The Kier molecular flexibility index (Phi) is 51.8. The van der Waals surface area contributed by atoms with Gasteiger partial charge in [-0.3, -0.25) is 4.79 Å². The van der Waals surface area contributed by atoms with Gasteiger partial charge in [0.25, 0.3) is 6.47 Å². The van der Waals surface area contributed by atoms with Gasteiger partial charge >= 0.3 is 12.1 Å². The third-order valence-corrected chi connectivity index (χ3v) is 8.66. The number of aldehydes is 1. The van der Waals surface area contributed by atoms with Crippen molar-refractivity contribution in [3.05, 3.63) is 12.7 Å². The van der Waals surface area contributed by atoms with Crippen molar-refractivity contribution in [3.8, 4) is 0 Å². The molecule has 2 rings (SSSR count). The number of alkyl carbamates (subject to hydrolysis) is 1. The van der Waals surface area contributed by atoms with Gasteiger partial charge in [-0.2, -0.15) is 0 Å². The molecule has 4 N–H and O–H groups in total. The molecule has 15 heteroatoms. The number of amides is 1. The Balaban J connectivity index is -0.000000164. The van der Waals surface area contributed by atoms with Gasteiger partial charge in [0.1, 0.15) is 19.0 Å². The minimum Gasteiger partial charge on any atom is -0.464 e. The molecule has 0 aromatic rings. The molecule has 1 amide bonds. The maximum absolute atomic E-state index is 11.1. The fraction of sp³-hybridized carbons (Fsp3) is 0.878. The average molecular weight is 927 g/mol. The van der Waals surface area contributed by atoms with Crippen LogP contribution in [0.4, 0.5) is 4.79 Å². The Labute approximate surface area is 392 Å². The predicted octanol–water partition coefficient (Wildman–Crippen LogP) is 9.29. The summed E-state index contributed by atoms with van der Waals surface area (Å²) in [5.41, 5.74) is -0.916. The second-order valence-electron chi connectivity index (χ2n) is 17.9. The van der Waals surface area contributed by atoms with E-state index in [0.717, 1.165) is 31.1 Å². The molecule has 2 heterocycles. The molecule has 0 aromatic heterocycles. The lowest BCUT2D eigenvalue weighted by molar-refractivity contribution is -0.219. The Morgan fingerprint density at radius 3 is 1.80 bits per heavy atom. The molecule has 0 aliphatic carbocycles. The maximum Gasteiger partial charge on any atom is 0.408 e. The van der Waals surface area contributed by atoms with Crippen LogP contribution in [0.1, 0.15) is 163 Å². The van der Waals surface area contributed by atoms with Crippen LogP contribution in [0, 0.1) is 29.6 Å². The fourth-order valence-electron chi connectivity index (χ4n) is 6.48. The summed E-state index contributed by atoms with van der Waals surface area (Å²) in [5.74, 6) is 1.31. The fourth-order valence-corrected chi connectivity index (χ4v) is 6.48. The minimum absolute atomic E-state index is 0.0798. The summed E-state index contributed by atoms with van der Waals surface area (Å²) in [6.07, 6.45) is 6.62. The number of nitrogens with one attached hydrogen (secondary N) is 2. The molecule has 64 heavy (non-hydrogen) atoms. The lowest BCUT2D eigenvalue weighted by atomic mass is 9.83. The zero-order valence-electron chi connectivity index (χ0n) is 44.8. The van der Waals surface area contributed by atoms with Crippen molar-refractivity contribution in [1.82, 2.24) is 10.6 Å². The van der Waals surface area contributed by atoms with E-state index in [1.807, 2.05) is 62.6 Å². The highest BCUT2D eigenvalue weighted by Gasteiger charge is 2.47. The number of aliphatic hydroxyl groups is 2. The first-order valence-corrected chi connectivity index (χ1v) is 23.2. The summed E-state index contributed by atoms with van der Waals surface area (Å²) in [5, 5.41) is 23.5. The van der Waals surface area contributed by atoms with E-state index in [0.29, 0.717) is 25.2 Å². The van der Waals surface area contributed by atoms with E-state index in [9.17, 15) is 24.3 Å². The summed E-state index contributed by atoms with van der Waals surface area (Å²) in [4.78, 5) is 42.8. The van der Waals surface area contributed by atoms with Crippen molar-refractivity contribution >= 4 is 24.8 Å². The molecule has 2 aliphatic rings. The van der Waals surface area contributed by atoms with E-state index in [4.69, 9.17) is 28.8 Å². The van der Waals surface area contributed by atoms with Gasteiger partial charge in [-0.25, -0.2) is 9.59 Å². The number of hydrogen-bond donors (Lipinski definition) is 4. The van der Waals surface area contributed by atoms with E-state index in [1.54, 1.807) is 35.2 Å². The second kappa shape index (κ2) is 45.5. The maximum atomic E-state index is 11.1. The average Bonchev–Trinajstić information content (AvgIpc) is 3.50. The monoisotopic (exact) mass is 927 g/mol. The number of carbonyl (C=O) groups is 4. The van der Waals surface area contributed by atoms with Crippen LogP contribution >= 0.6 is 0 Å². The second-order valence-corrected chi connectivity index (χ2v) is 17.9. The summed E-state index contributed by atoms with van der Waals surface area (Å²) >= 11 is 0. The lowest BCUT2D eigenvalue weighted by Gasteiger charge is -2.36. The Morgan fingerprint density at radius 1 is 0.984 bits per heavy atom. The summed E-state index contributed by atoms with van der Waals surface area (Å²) < 4.78 is 34.8. The van der Waals surface area contributed by atoms with Crippen molar-refractivity contribution in [2.24, 2.45) is 29.6 Å². The molecular formula is C49H102N2O13. The number of rotatable bonds is 17. The van der Waals surface area contributed by atoms with Gasteiger partial charge in [-0.15, -0.1) is 0 Å². The summed E-state index contributed by atoms with van der Waals surface area (Å²) in [6, 6.07) is -0.130. The highest BCUT2D eigenvalue weighted by molar-refractivity contribution is 5.81. The number of esters is 1. The minimum atomic E-state index is -0.758. The number of cyclic esters (lactones) is 1. The van der Waals surface area contributed by atoms with E-state index >= 15 is 0 Å². The van der Waals surface area contributed by atoms with Gasteiger partial charge in [0, 0.05) is 45.7 Å². The molecule has 0 aromatic carbocycles. The first-order valence-electron chi connectivity index (χ1n) is 23.2. The van der Waals surface area contributed by atoms with Crippen molar-refractivity contribution in [3.63, 3.8) is 0 Å². The van der Waals surface area contributed by atoms with Crippen molar-refractivity contribution in [1.29, 1.82) is 0 Å². The number of aliphatic hydroxyl groups excluding tert-OH is 2. The van der Waals surface area contributed by atoms with Gasteiger partial charge in [-0.05, 0) is 92.2 Å². The van der Waals surface area contributed by atoms with Crippen molar-refractivity contribution in [2.75, 3.05) is 42.0 Å². The van der Waals surface area contributed by atoms with E-state index in [2.05, 4.69) is 82.1 Å². The van der Waals surface area contributed by atoms with Crippen LogP contribution in [0.3, 0.4) is 0 Å². The smallest absolute Gasteiger partial charge is 0.408 e. The quantitative estimate of drug-likeness (QED) is 0.0354. The van der Waals surface area contributed by atoms with Crippen LogP contribution in [0.25, 0.3) is 0 Å². The van der Waals surface area contributed by atoms with E-state index in [1.165, 1.54) is 19.3 Å².